The van der Waals surface area contributed by atoms with Crippen LogP contribution in [0.15, 0.2) is 0 Å². The lowest BCUT2D eigenvalue weighted by molar-refractivity contribution is -0.205. The Kier molecular flexibility index (Phi) is 35.0. The molecule has 0 bridgehead atoms. The summed E-state index contributed by atoms with van der Waals surface area (Å²) in [5.74, 6) is 0. The predicted octanol–water partition coefficient (Wildman–Crippen LogP) is 20.7. The minimum atomic E-state index is 0.452. The van der Waals surface area contributed by atoms with Crippen LogP contribution in [0.25, 0.3) is 0 Å². The van der Waals surface area contributed by atoms with Crippen LogP contribution in [0.3, 0.4) is 0 Å². The topological polar surface area (TPSA) is 0 Å². The van der Waals surface area contributed by atoms with Gasteiger partial charge in [0.1, 0.15) is 0 Å². The Morgan fingerprint density at radius 1 is 0.167 bits per heavy atom. The van der Waals surface area contributed by atoms with Gasteiger partial charge in [-0.2, -0.15) is 0 Å². The fraction of sp³-hybridized carbons (Fsp3) is 1.00. The molecular weight excluding hydrogens is 649 g/mol. The molecule has 0 aliphatic heterocycles. The van der Waals surface area contributed by atoms with Gasteiger partial charge < -0.3 is 0 Å². The third-order valence-electron chi connectivity index (χ3n) is 15.3. The molecule has 0 amide bonds. The summed E-state index contributed by atoms with van der Waals surface area (Å²) < 4.78 is 0. The molecule has 0 heteroatoms. The molecule has 0 unspecified atom stereocenters. The summed E-state index contributed by atoms with van der Waals surface area (Å²) >= 11 is 0. The van der Waals surface area contributed by atoms with Crippen molar-refractivity contribution in [3.05, 3.63) is 0 Å². The van der Waals surface area contributed by atoms with Crippen molar-refractivity contribution in [1.82, 2.24) is 0 Å². The summed E-state index contributed by atoms with van der Waals surface area (Å²) in [6, 6.07) is 0. The second-order valence-electron chi connectivity index (χ2n) is 19.3. The van der Waals surface area contributed by atoms with Gasteiger partial charge in [-0.3, -0.25) is 0 Å². The van der Waals surface area contributed by atoms with Gasteiger partial charge in [0.2, 0.25) is 0 Å². The summed E-state index contributed by atoms with van der Waals surface area (Å²) in [6.45, 7) is 25.0. The van der Waals surface area contributed by atoms with E-state index in [9.17, 15) is 0 Å². The zero-order chi connectivity index (χ0) is 40.3. The number of rotatable bonds is 43. The lowest BCUT2D eigenvalue weighted by atomic mass is 9.35. The smallest absolute Gasteiger partial charge is 0.0179 e. The molecule has 0 atom stereocenters. The van der Waals surface area contributed by atoms with Crippen LogP contribution in [-0.2, 0) is 0 Å². The van der Waals surface area contributed by atoms with E-state index >= 15 is 0 Å². The van der Waals surface area contributed by atoms with Gasteiger partial charge in [-0.15, -0.1) is 0 Å². The van der Waals surface area contributed by atoms with Crippen LogP contribution in [0.2, 0.25) is 0 Å². The van der Waals surface area contributed by atoms with Crippen LogP contribution < -0.4 is 0 Å². The summed E-state index contributed by atoms with van der Waals surface area (Å²) in [5, 5.41) is 0. The summed E-state index contributed by atoms with van der Waals surface area (Å²) in [4.78, 5) is 0. The molecule has 0 saturated heterocycles. The van der Waals surface area contributed by atoms with E-state index in [2.05, 4.69) is 69.2 Å². The highest BCUT2D eigenvalue weighted by molar-refractivity contribution is 5.14. The molecule has 0 aliphatic carbocycles. The molecule has 0 spiro atoms. The van der Waals surface area contributed by atoms with E-state index in [1.54, 1.807) is 0 Å². The lowest BCUT2D eigenvalue weighted by Crippen LogP contribution is -2.61. The maximum absolute atomic E-state index is 2.54. The highest BCUT2D eigenvalue weighted by atomic mass is 14.7. The van der Waals surface area contributed by atoms with Gasteiger partial charge in [-0.05, 0) is 85.9 Å². The number of unbranched alkanes of at least 4 members (excludes halogenated alkanes) is 20. The maximum Gasteiger partial charge on any atom is -0.0179 e. The van der Waals surface area contributed by atoms with Gasteiger partial charge in [0.15, 0.2) is 0 Å². The Hall–Kier alpha value is 0. The highest BCUT2D eigenvalue weighted by Gasteiger charge is 2.65. The van der Waals surface area contributed by atoms with Crippen molar-refractivity contribution >= 4 is 0 Å². The molecule has 0 fully saturated rings. The Morgan fingerprint density at radius 2 is 0.333 bits per heavy atom. The molecule has 0 aromatic carbocycles. The molecule has 0 heterocycles. The Morgan fingerprint density at radius 3 is 0.556 bits per heavy atom. The normalized spacial score (nSPS) is 13.0. The van der Waals surface area contributed by atoms with Gasteiger partial charge in [0.05, 0.1) is 0 Å². The van der Waals surface area contributed by atoms with E-state index < -0.39 is 0 Å². The standard InChI is InChI=1S/C54H110/c1-11-21-31-32-33-34-35-36-37-38-39-40-46-52(44-25-15-5,45-26-16-6)54(49-29-19-9,50-30-20-10)53(47-27-17-7,48-28-18-8)51(41-22-12-2,42-23-13-3)43-24-14-4/h11-50H2,1-10H3. The van der Waals surface area contributed by atoms with Gasteiger partial charge in [-0.25, -0.2) is 0 Å². The first kappa shape index (κ1) is 54.0. The summed E-state index contributed by atoms with van der Waals surface area (Å²) in [7, 11) is 0. The van der Waals surface area contributed by atoms with Crippen molar-refractivity contribution in [2.24, 2.45) is 21.7 Å². The third-order valence-corrected chi connectivity index (χ3v) is 15.3. The van der Waals surface area contributed by atoms with Crippen molar-refractivity contribution in [3.8, 4) is 0 Å². The van der Waals surface area contributed by atoms with Crippen molar-refractivity contribution in [3.63, 3.8) is 0 Å². The third kappa shape index (κ3) is 17.9. The molecule has 0 N–H and O–H groups in total. The van der Waals surface area contributed by atoms with Crippen LogP contribution in [-0.4, -0.2) is 0 Å². The first-order chi connectivity index (χ1) is 26.4. The summed E-state index contributed by atoms with van der Waals surface area (Å²) in [6.07, 6.45) is 58.1. The van der Waals surface area contributed by atoms with Crippen molar-refractivity contribution in [2.75, 3.05) is 0 Å². The van der Waals surface area contributed by atoms with Gasteiger partial charge >= 0.3 is 0 Å². The zero-order valence-corrected chi connectivity index (χ0v) is 40.3. The van der Waals surface area contributed by atoms with Crippen LogP contribution in [0.4, 0.5) is 0 Å². The van der Waals surface area contributed by atoms with Crippen LogP contribution in [0.5, 0.6) is 0 Å². The zero-order valence-electron chi connectivity index (χ0n) is 40.3. The van der Waals surface area contributed by atoms with E-state index in [4.69, 9.17) is 0 Å². The molecule has 0 aliphatic rings. The second-order valence-corrected chi connectivity index (χ2v) is 19.3. The van der Waals surface area contributed by atoms with E-state index in [0.29, 0.717) is 21.7 Å². The fourth-order valence-corrected chi connectivity index (χ4v) is 12.3. The predicted molar refractivity (Wildman–Crippen MR) is 251 cm³/mol. The maximum atomic E-state index is 2.54. The molecule has 0 saturated carbocycles. The molecule has 0 radical (unpaired) electrons. The van der Waals surface area contributed by atoms with Crippen molar-refractivity contribution in [2.45, 2.75) is 326 Å². The van der Waals surface area contributed by atoms with E-state index in [1.165, 1.54) is 257 Å². The monoisotopic (exact) mass is 759 g/mol. The Balaban J connectivity index is 7.62. The van der Waals surface area contributed by atoms with Crippen LogP contribution in [0.1, 0.15) is 326 Å². The average molecular weight is 759 g/mol. The van der Waals surface area contributed by atoms with Crippen molar-refractivity contribution < 1.29 is 0 Å². The molecule has 54 heavy (non-hydrogen) atoms. The molecule has 0 aromatic rings. The summed E-state index contributed by atoms with van der Waals surface area (Å²) in [5.41, 5.74) is 1.88. The Labute approximate surface area is 346 Å². The van der Waals surface area contributed by atoms with Crippen LogP contribution >= 0.6 is 0 Å². The molecule has 326 valence electrons. The van der Waals surface area contributed by atoms with Crippen LogP contribution in [0, 0.1) is 21.7 Å². The number of hydrogen-bond acceptors (Lipinski definition) is 0. The largest absolute Gasteiger partial charge is 0.0654 e. The first-order valence-corrected chi connectivity index (χ1v) is 26.4. The quantitative estimate of drug-likeness (QED) is 0.0543. The SMILES string of the molecule is CCCCCCCCCCCCCCC(CCCC)(CCCC)C(CCCC)(CCCC)C(CCCC)(CCCC)C(CCCC)(CCCC)CCCC. The molecule has 0 nitrogen and oxygen atoms in total. The Bertz CT molecular complexity index is 714. The van der Waals surface area contributed by atoms with Gasteiger partial charge in [0, 0.05) is 0 Å². The second kappa shape index (κ2) is 35.0. The molecular formula is C54H110. The number of hydrogen-bond donors (Lipinski definition) is 0. The lowest BCUT2D eigenvalue weighted by Gasteiger charge is -2.69. The minimum Gasteiger partial charge on any atom is -0.0654 e. The first-order valence-electron chi connectivity index (χ1n) is 26.4. The minimum absolute atomic E-state index is 0.452. The van der Waals surface area contributed by atoms with E-state index in [1.807, 2.05) is 0 Å². The highest BCUT2D eigenvalue weighted by Crippen LogP contribution is 2.74. The average Bonchev–Trinajstić information content (AvgIpc) is 3.19. The fourth-order valence-electron chi connectivity index (χ4n) is 12.3. The van der Waals surface area contributed by atoms with Gasteiger partial charge in [-0.1, -0.05) is 262 Å². The molecule has 0 rings (SSSR count). The molecule has 0 aromatic heterocycles. The van der Waals surface area contributed by atoms with E-state index in [-0.39, 0.29) is 0 Å². The van der Waals surface area contributed by atoms with E-state index in [0.717, 1.165) is 0 Å². The van der Waals surface area contributed by atoms with Gasteiger partial charge in [0.25, 0.3) is 0 Å². The van der Waals surface area contributed by atoms with Crippen molar-refractivity contribution in [1.29, 1.82) is 0 Å².